The molecule has 5 nitrogen and oxygen atoms in total. The molecule has 1 aromatic rings. The quantitative estimate of drug-likeness (QED) is 0.901. The van der Waals surface area contributed by atoms with Crippen molar-refractivity contribution < 1.29 is 9.59 Å². The van der Waals surface area contributed by atoms with Crippen molar-refractivity contribution in [1.29, 1.82) is 0 Å². The first-order valence-corrected chi connectivity index (χ1v) is 8.73. The second-order valence-corrected chi connectivity index (χ2v) is 6.82. The highest BCUT2D eigenvalue weighted by Gasteiger charge is 2.26. The van der Waals surface area contributed by atoms with Crippen LogP contribution in [0.15, 0.2) is 24.3 Å². The Kier molecular flexibility index (Phi) is 6.23. The molecule has 132 valence electrons. The number of benzene rings is 1. The Morgan fingerprint density at radius 1 is 1.38 bits per heavy atom. The molecule has 0 aliphatic carbocycles. The zero-order chi connectivity index (χ0) is 17.7. The van der Waals surface area contributed by atoms with Gasteiger partial charge >= 0.3 is 6.03 Å². The minimum Gasteiger partial charge on any atom is -0.344 e. The Bertz CT molecular complexity index is 570. The van der Waals surface area contributed by atoms with Crippen LogP contribution in [0.2, 0.25) is 0 Å². The van der Waals surface area contributed by atoms with Crippen molar-refractivity contribution in [2.45, 2.75) is 51.6 Å². The minimum atomic E-state index is -0.0540. The lowest BCUT2D eigenvalue weighted by Crippen LogP contribution is -2.53. The summed E-state index contributed by atoms with van der Waals surface area (Å²) in [6, 6.07) is 8.63. The van der Waals surface area contributed by atoms with Crippen LogP contribution in [0.1, 0.15) is 37.3 Å². The zero-order valence-corrected chi connectivity index (χ0v) is 15.2. The van der Waals surface area contributed by atoms with E-state index in [-0.39, 0.29) is 24.0 Å². The molecule has 5 heteroatoms. The van der Waals surface area contributed by atoms with Gasteiger partial charge in [0.25, 0.3) is 0 Å². The van der Waals surface area contributed by atoms with Crippen molar-refractivity contribution in [2.24, 2.45) is 0 Å². The standard InChI is InChI=1S/C19H29N3O2/c1-5-17(12-15-8-6-14(2)7-9-15)22(4)19(24)20-16-10-11-18(23)21(3)13-16/h6-9,16-17H,5,10-13H2,1-4H3,(H,20,24)/t16-,17-/m1/s1. The van der Waals surface area contributed by atoms with E-state index in [1.54, 1.807) is 16.8 Å². The average molecular weight is 331 g/mol. The van der Waals surface area contributed by atoms with Gasteiger partial charge in [-0.05, 0) is 31.7 Å². The monoisotopic (exact) mass is 331 g/mol. The van der Waals surface area contributed by atoms with Gasteiger partial charge in [0.2, 0.25) is 5.91 Å². The second kappa shape index (κ2) is 8.18. The number of hydrogen-bond donors (Lipinski definition) is 1. The number of hydrogen-bond acceptors (Lipinski definition) is 2. The van der Waals surface area contributed by atoms with Crippen LogP contribution in [0, 0.1) is 6.92 Å². The van der Waals surface area contributed by atoms with Gasteiger partial charge in [0.15, 0.2) is 0 Å². The van der Waals surface area contributed by atoms with E-state index in [4.69, 9.17) is 0 Å². The molecule has 1 N–H and O–H groups in total. The number of piperidine rings is 1. The average Bonchev–Trinajstić information content (AvgIpc) is 2.57. The van der Waals surface area contributed by atoms with Crippen LogP contribution >= 0.6 is 0 Å². The first-order chi connectivity index (χ1) is 11.4. The molecule has 0 spiro atoms. The number of carbonyl (C=O) groups excluding carboxylic acids is 2. The van der Waals surface area contributed by atoms with Crippen LogP contribution in [0.4, 0.5) is 4.79 Å². The van der Waals surface area contributed by atoms with E-state index in [9.17, 15) is 9.59 Å². The van der Waals surface area contributed by atoms with Gasteiger partial charge in [0, 0.05) is 39.1 Å². The van der Waals surface area contributed by atoms with Crippen LogP contribution in [0.25, 0.3) is 0 Å². The SMILES string of the molecule is CC[C@H](Cc1ccc(C)cc1)N(C)C(=O)N[C@@H]1CCC(=O)N(C)C1. The van der Waals surface area contributed by atoms with Gasteiger partial charge in [0.05, 0.1) is 0 Å². The normalized spacial score (nSPS) is 19.1. The zero-order valence-electron chi connectivity index (χ0n) is 15.2. The van der Waals surface area contributed by atoms with E-state index >= 15 is 0 Å². The highest BCUT2D eigenvalue weighted by atomic mass is 16.2. The molecule has 3 amide bonds. The van der Waals surface area contributed by atoms with E-state index in [0.29, 0.717) is 13.0 Å². The second-order valence-electron chi connectivity index (χ2n) is 6.82. The fourth-order valence-corrected chi connectivity index (χ4v) is 3.12. The molecule has 0 unspecified atom stereocenters. The van der Waals surface area contributed by atoms with Crippen LogP contribution in [0.3, 0.4) is 0 Å². The predicted molar refractivity (Wildman–Crippen MR) is 95.9 cm³/mol. The fraction of sp³-hybridized carbons (Fsp3) is 0.579. The molecule has 1 saturated heterocycles. The smallest absolute Gasteiger partial charge is 0.317 e. The minimum absolute atomic E-state index is 0.0412. The molecule has 0 radical (unpaired) electrons. The molecular formula is C19H29N3O2. The molecule has 2 rings (SSSR count). The molecule has 0 aromatic heterocycles. The number of amides is 3. The summed E-state index contributed by atoms with van der Waals surface area (Å²) in [5.74, 6) is 0.152. The van der Waals surface area contributed by atoms with Gasteiger partial charge in [-0.1, -0.05) is 36.8 Å². The third-order valence-corrected chi connectivity index (χ3v) is 4.89. The molecule has 0 bridgehead atoms. The summed E-state index contributed by atoms with van der Waals surface area (Å²) in [4.78, 5) is 27.6. The summed E-state index contributed by atoms with van der Waals surface area (Å²) < 4.78 is 0. The number of likely N-dealkylation sites (tertiary alicyclic amines) is 1. The topological polar surface area (TPSA) is 52.7 Å². The maximum atomic E-state index is 12.6. The molecule has 1 aliphatic heterocycles. The number of rotatable bonds is 5. The maximum absolute atomic E-state index is 12.6. The van der Waals surface area contributed by atoms with Gasteiger partial charge in [-0.15, -0.1) is 0 Å². The largest absolute Gasteiger partial charge is 0.344 e. The highest BCUT2D eigenvalue weighted by molar-refractivity contribution is 5.78. The summed E-state index contributed by atoms with van der Waals surface area (Å²) >= 11 is 0. The lowest BCUT2D eigenvalue weighted by molar-refractivity contribution is -0.132. The molecule has 1 aliphatic rings. The van der Waals surface area contributed by atoms with Crippen molar-refractivity contribution in [1.82, 2.24) is 15.1 Å². The third kappa shape index (κ3) is 4.73. The molecular weight excluding hydrogens is 302 g/mol. The number of likely N-dealkylation sites (N-methyl/N-ethyl adjacent to an activating group) is 2. The molecule has 2 atom stereocenters. The number of nitrogens with zero attached hydrogens (tertiary/aromatic N) is 2. The number of carbonyl (C=O) groups is 2. The highest BCUT2D eigenvalue weighted by Crippen LogP contribution is 2.14. The fourth-order valence-electron chi connectivity index (χ4n) is 3.12. The first-order valence-electron chi connectivity index (χ1n) is 8.73. The summed E-state index contributed by atoms with van der Waals surface area (Å²) in [7, 11) is 3.64. The molecule has 24 heavy (non-hydrogen) atoms. The van der Waals surface area contributed by atoms with Gasteiger partial charge in [-0.25, -0.2) is 4.79 Å². The lowest BCUT2D eigenvalue weighted by atomic mass is 10.0. The van der Waals surface area contributed by atoms with Crippen molar-refractivity contribution in [2.75, 3.05) is 20.6 Å². The van der Waals surface area contributed by atoms with Gasteiger partial charge < -0.3 is 15.1 Å². The Morgan fingerprint density at radius 2 is 2.04 bits per heavy atom. The molecule has 1 aromatic carbocycles. The van der Waals surface area contributed by atoms with Crippen LogP contribution in [-0.2, 0) is 11.2 Å². The van der Waals surface area contributed by atoms with Crippen molar-refractivity contribution >= 4 is 11.9 Å². The molecule has 1 fully saturated rings. The Balaban J connectivity index is 1.92. The summed E-state index contributed by atoms with van der Waals surface area (Å²) in [6.45, 7) is 4.77. The maximum Gasteiger partial charge on any atom is 0.317 e. The molecule has 1 heterocycles. The van der Waals surface area contributed by atoms with Crippen LogP contribution < -0.4 is 5.32 Å². The lowest BCUT2D eigenvalue weighted by Gasteiger charge is -2.33. The third-order valence-electron chi connectivity index (χ3n) is 4.89. The number of aryl methyl sites for hydroxylation is 1. The Labute approximate surface area is 145 Å². The molecule has 0 saturated carbocycles. The summed E-state index contributed by atoms with van der Waals surface area (Å²) in [5, 5.41) is 3.07. The van der Waals surface area contributed by atoms with Crippen LogP contribution in [-0.4, -0.2) is 54.5 Å². The van der Waals surface area contributed by atoms with E-state index in [1.165, 1.54) is 11.1 Å². The van der Waals surface area contributed by atoms with E-state index < -0.39 is 0 Å². The summed E-state index contributed by atoms with van der Waals surface area (Å²) in [6.07, 6.45) is 2.98. The van der Waals surface area contributed by atoms with Gasteiger partial charge in [-0.2, -0.15) is 0 Å². The van der Waals surface area contributed by atoms with Crippen molar-refractivity contribution in [3.05, 3.63) is 35.4 Å². The van der Waals surface area contributed by atoms with Gasteiger partial charge in [0.1, 0.15) is 0 Å². The Hall–Kier alpha value is -2.04. The summed E-state index contributed by atoms with van der Waals surface area (Å²) in [5.41, 5.74) is 2.49. The number of nitrogens with one attached hydrogen (secondary N) is 1. The van der Waals surface area contributed by atoms with E-state index in [2.05, 4.69) is 43.4 Å². The van der Waals surface area contributed by atoms with Gasteiger partial charge in [-0.3, -0.25) is 4.79 Å². The Morgan fingerprint density at radius 3 is 2.62 bits per heavy atom. The number of urea groups is 1. The first kappa shape index (κ1) is 18.3. The van der Waals surface area contributed by atoms with Crippen molar-refractivity contribution in [3.63, 3.8) is 0 Å². The van der Waals surface area contributed by atoms with E-state index in [1.807, 2.05) is 7.05 Å². The van der Waals surface area contributed by atoms with E-state index in [0.717, 1.165) is 19.3 Å². The predicted octanol–water partition coefficient (Wildman–Crippen LogP) is 2.58. The van der Waals surface area contributed by atoms with Crippen LogP contribution in [0.5, 0.6) is 0 Å². The van der Waals surface area contributed by atoms with Crippen molar-refractivity contribution in [3.8, 4) is 0 Å².